The quantitative estimate of drug-likeness (QED) is 0.810. The highest BCUT2D eigenvalue weighted by Gasteiger charge is 2.43. The predicted octanol–water partition coefficient (Wildman–Crippen LogP) is 4.38. The van der Waals surface area contributed by atoms with Gasteiger partial charge >= 0.3 is 5.97 Å². The van der Waals surface area contributed by atoms with E-state index >= 15 is 0 Å². The van der Waals surface area contributed by atoms with Crippen LogP contribution in [0.15, 0.2) is 42.5 Å². The molecule has 0 spiro atoms. The first-order valence-electron chi connectivity index (χ1n) is 8.35. The Balaban J connectivity index is 1.66. The lowest BCUT2D eigenvalue weighted by atomic mass is 10.1. The molecule has 0 amide bonds. The summed E-state index contributed by atoms with van der Waals surface area (Å²) in [5.41, 5.74) is 1.59. The predicted molar refractivity (Wildman–Crippen MR) is 92.3 cm³/mol. The molecule has 132 valence electrons. The van der Waals surface area contributed by atoms with Crippen LogP contribution in [-0.4, -0.2) is 23.8 Å². The van der Waals surface area contributed by atoms with Crippen molar-refractivity contribution in [2.75, 3.05) is 6.61 Å². The second-order valence-electron chi connectivity index (χ2n) is 6.62. The van der Waals surface area contributed by atoms with Crippen molar-refractivity contribution in [3.05, 3.63) is 48.3 Å². The number of hydrogen-bond donors (Lipinski definition) is 1. The van der Waals surface area contributed by atoms with Gasteiger partial charge in [0.1, 0.15) is 17.3 Å². The summed E-state index contributed by atoms with van der Waals surface area (Å²) in [4.78, 5) is 10.8. The lowest BCUT2D eigenvalue weighted by Crippen LogP contribution is -2.06. The van der Waals surface area contributed by atoms with Crippen LogP contribution in [0.4, 0.5) is 4.39 Å². The Morgan fingerprint density at radius 3 is 2.48 bits per heavy atom. The Kier molecular flexibility index (Phi) is 4.93. The SMILES string of the molecule is CC(C)Oc1cc(F)cc(-c2ccc(OC[C@@H]3C[C@H]3C(=O)O)cc2)c1. The van der Waals surface area contributed by atoms with Gasteiger partial charge in [0.2, 0.25) is 0 Å². The summed E-state index contributed by atoms with van der Waals surface area (Å²) in [6, 6.07) is 12.0. The lowest BCUT2D eigenvalue weighted by Gasteiger charge is -2.12. The van der Waals surface area contributed by atoms with E-state index in [1.54, 1.807) is 18.2 Å². The number of hydrogen-bond acceptors (Lipinski definition) is 3. The second-order valence-corrected chi connectivity index (χ2v) is 6.62. The van der Waals surface area contributed by atoms with Crippen LogP contribution >= 0.6 is 0 Å². The maximum atomic E-state index is 13.8. The molecule has 2 atom stereocenters. The Morgan fingerprint density at radius 2 is 1.88 bits per heavy atom. The van der Waals surface area contributed by atoms with Crippen LogP contribution in [0, 0.1) is 17.7 Å². The molecule has 0 radical (unpaired) electrons. The number of ether oxygens (including phenoxy) is 2. The van der Waals surface area contributed by atoms with Gasteiger partial charge in [0.25, 0.3) is 0 Å². The summed E-state index contributed by atoms with van der Waals surface area (Å²) in [5.74, 6) is -0.105. The maximum absolute atomic E-state index is 13.8. The zero-order valence-corrected chi connectivity index (χ0v) is 14.2. The number of carbonyl (C=O) groups is 1. The first-order valence-corrected chi connectivity index (χ1v) is 8.35. The van der Waals surface area contributed by atoms with Gasteiger partial charge in [-0.1, -0.05) is 12.1 Å². The fraction of sp³-hybridized carbons (Fsp3) is 0.350. The molecule has 3 rings (SSSR count). The van der Waals surface area contributed by atoms with Gasteiger partial charge in [-0.3, -0.25) is 4.79 Å². The van der Waals surface area contributed by atoms with E-state index in [1.807, 2.05) is 26.0 Å². The third-order valence-corrected chi connectivity index (χ3v) is 4.13. The van der Waals surface area contributed by atoms with E-state index in [0.717, 1.165) is 11.1 Å². The Bertz CT molecular complexity index is 755. The third-order valence-electron chi connectivity index (χ3n) is 4.13. The monoisotopic (exact) mass is 344 g/mol. The minimum Gasteiger partial charge on any atom is -0.493 e. The van der Waals surface area contributed by atoms with E-state index in [4.69, 9.17) is 14.6 Å². The van der Waals surface area contributed by atoms with E-state index in [1.165, 1.54) is 12.1 Å². The van der Waals surface area contributed by atoms with Crippen LogP contribution in [0.1, 0.15) is 20.3 Å². The lowest BCUT2D eigenvalue weighted by molar-refractivity contribution is -0.138. The zero-order chi connectivity index (χ0) is 18.0. The second kappa shape index (κ2) is 7.13. The van der Waals surface area contributed by atoms with E-state index in [-0.39, 0.29) is 23.8 Å². The molecule has 1 N–H and O–H groups in total. The molecule has 0 heterocycles. The van der Waals surface area contributed by atoms with Gasteiger partial charge in [-0.2, -0.15) is 0 Å². The molecular formula is C20H21FO4. The Hall–Kier alpha value is -2.56. The van der Waals surface area contributed by atoms with Gasteiger partial charge in [-0.15, -0.1) is 0 Å². The number of carboxylic acid groups (broad SMARTS) is 1. The first kappa shape index (κ1) is 17.3. The molecule has 0 unspecified atom stereocenters. The van der Waals surface area contributed by atoms with Crippen LogP contribution in [0.5, 0.6) is 11.5 Å². The van der Waals surface area contributed by atoms with Gasteiger partial charge in [0, 0.05) is 12.0 Å². The van der Waals surface area contributed by atoms with E-state index in [0.29, 0.717) is 24.5 Å². The van der Waals surface area contributed by atoms with Crippen molar-refractivity contribution in [3.8, 4) is 22.6 Å². The molecular weight excluding hydrogens is 323 g/mol. The van der Waals surface area contributed by atoms with Crippen molar-refractivity contribution in [1.82, 2.24) is 0 Å². The molecule has 2 aromatic rings. The van der Waals surface area contributed by atoms with E-state index in [2.05, 4.69) is 0 Å². The van der Waals surface area contributed by atoms with Gasteiger partial charge < -0.3 is 14.6 Å². The zero-order valence-electron chi connectivity index (χ0n) is 14.2. The summed E-state index contributed by atoms with van der Waals surface area (Å²) >= 11 is 0. The summed E-state index contributed by atoms with van der Waals surface area (Å²) in [5, 5.41) is 8.89. The normalized spacial score (nSPS) is 18.9. The van der Waals surface area contributed by atoms with Crippen LogP contribution in [0.25, 0.3) is 11.1 Å². The number of rotatable bonds is 7. The van der Waals surface area contributed by atoms with Crippen LogP contribution in [0.2, 0.25) is 0 Å². The molecule has 1 fully saturated rings. The van der Waals surface area contributed by atoms with Crippen molar-refractivity contribution in [3.63, 3.8) is 0 Å². The molecule has 1 aliphatic rings. The number of halogens is 1. The van der Waals surface area contributed by atoms with Crippen molar-refractivity contribution in [2.45, 2.75) is 26.4 Å². The molecule has 1 saturated carbocycles. The highest BCUT2D eigenvalue weighted by atomic mass is 19.1. The van der Waals surface area contributed by atoms with Crippen LogP contribution < -0.4 is 9.47 Å². The van der Waals surface area contributed by atoms with Gasteiger partial charge in [-0.05, 0) is 55.7 Å². The van der Waals surface area contributed by atoms with Crippen molar-refractivity contribution in [2.24, 2.45) is 11.8 Å². The van der Waals surface area contributed by atoms with Gasteiger partial charge in [0.15, 0.2) is 0 Å². The standard InChI is InChI=1S/C20H21FO4/c1-12(2)25-18-8-14(7-16(21)10-18)13-3-5-17(6-4-13)24-11-15-9-19(15)20(22)23/h3-8,10,12,15,19H,9,11H2,1-2H3,(H,22,23)/t15-,19+/m0/s1. The number of aliphatic carboxylic acids is 1. The molecule has 4 nitrogen and oxygen atoms in total. The summed E-state index contributed by atoms with van der Waals surface area (Å²) < 4.78 is 25.0. The highest BCUT2D eigenvalue weighted by molar-refractivity contribution is 5.73. The van der Waals surface area contributed by atoms with Crippen molar-refractivity contribution >= 4 is 5.97 Å². The summed E-state index contributed by atoms with van der Waals surface area (Å²) in [6.45, 7) is 4.19. The average Bonchev–Trinajstić information content (AvgIpc) is 3.32. The molecule has 0 bridgehead atoms. The van der Waals surface area contributed by atoms with E-state index < -0.39 is 5.97 Å². The minimum absolute atomic E-state index is 0.0255. The third kappa shape index (κ3) is 4.50. The molecule has 5 heteroatoms. The number of benzene rings is 2. The molecule has 0 saturated heterocycles. The van der Waals surface area contributed by atoms with Crippen LogP contribution in [0.3, 0.4) is 0 Å². The summed E-state index contributed by atoms with van der Waals surface area (Å²) in [6.07, 6.45) is 0.650. The molecule has 2 aromatic carbocycles. The molecule has 1 aliphatic carbocycles. The van der Waals surface area contributed by atoms with E-state index in [9.17, 15) is 9.18 Å². The Labute approximate surface area is 146 Å². The fourth-order valence-corrected chi connectivity index (χ4v) is 2.75. The topological polar surface area (TPSA) is 55.8 Å². The largest absolute Gasteiger partial charge is 0.493 e. The number of carboxylic acids is 1. The Morgan fingerprint density at radius 1 is 1.16 bits per heavy atom. The van der Waals surface area contributed by atoms with Crippen molar-refractivity contribution in [1.29, 1.82) is 0 Å². The van der Waals surface area contributed by atoms with Crippen molar-refractivity contribution < 1.29 is 23.8 Å². The molecule has 0 aliphatic heterocycles. The maximum Gasteiger partial charge on any atom is 0.306 e. The minimum atomic E-state index is -0.755. The van der Waals surface area contributed by atoms with Gasteiger partial charge in [0.05, 0.1) is 18.6 Å². The van der Waals surface area contributed by atoms with Gasteiger partial charge in [-0.25, -0.2) is 4.39 Å². The van der Waals surface area contributed by atoms with Crippen LogP contribution in [-0.2, 0) is 4.79 Å². The molecule has 25 heavy (non-hydrogen) atoms. The highest BCUT2D eigenvalue weighted by Crippen LogP contribution is 2.39. The first-order chi connectivity index (χ1) is 11.9. The fourth-order valence-electron chi connectivity index (χ4n) is 2.75. The smallest absolute Gasteiger partial charge is 0.306 e. The average molecular weight is 344 g/mol. The summed E-state index contributed by atoms with van der Waals surface area (Å²) in [7, 11) is 0. The molecule has 0 aromatic heterocycles.